The molecule has 1 fully saturated rings. The van der Waals surface area contributed by atoms with Gasteiger partial charge in [0.05, 0.1) is 9.26 Å². The predicted octanol–water partition coefficient (Wildman–Crippen LogP) is 5.10. The van der Waals surface area contributed by atoms with Crippen LogP contribution in [0.3, 0.4) is 0 Å². The van der Waals surface area contributed by atoms with E-state index in [9.17, 15) is 0 Å². The van der Waals surface area contributed by atoms with E-state index >= 15 is 0 Å². The number of hydrogen-bond donors (Lipinski definition) is 1. The lowest BCUT2D eigenvalue weighted by Crippen LogP contribution is -2.08. The molecule has 1 aliphatic rings. The lowest BCUT2D eigenvalue weighted by atomic mass is 10.0. The van der Waals surface area contributed by atoms with Crippen molar-refractivity contribution in [3.63, 3.8) is 0 Å². The first-order chi connectivity index (χ1) is 10.2. The minimum Gasteiger partial charge on any atom is -0.372 e. The summed E-state index contributed by atoms with van der Waals surface area (Å²) >= 11 is 8.45. The van der Waals surface area contributed by atoms with Gasteiger partial charge in [-0.05, 0) is 47.6 Å². The van der Waals surface area contributed by atoms with Gasteiger partial charge in [0.2, 0.25) is 0 Å². The number of nitrogens with one attached hydrogen (secondary N) is 1. The van der Waals surface area contributed by atoms with Crippen LogP contribution >= 0.6 is 34.2 Å². The van der Waals surface area contributed by atoms with Gasteiger partial charge in [0, 0.05) is 23.6 Å². The van der Waals surface area contributed by atoms with Crippen LogP contribution in [0.15, 0.2) is 24.3 Å². The van der Waals surface area contributed by atoms with Crippen molar-refractivity contribution in [2.45, 2.75) is 31.6 Å². The molecule has 0 amide bonds. The summed E-state index contributed by atoms with van der Waals surface area (Å²) in [5.74, 6) is 2.22. The van der Waals surface area contributed by atoms with E-state index in [-0.39, 0.29) is 0 Å². The third-order valence-corrected chi connectivity index (χ3v) is 5.24. The zero-order valence-electron chi connectivity index (χ0n) is 11.9. The zero-order valence-corrected chi connectivity index (χ0v) is 14.8. The Kier molecular flexibility index (Phi) is 4.64. The van der Waals surface area contributed by atoms with Crippen LogP contribution in [0, 0.1) is 3.57 Å². The number of hydrogen-bond acceptors (Lipinski definition) is 3. The zero-order chi connectivity index (χ0) is 14.8. The molecule has 3 rings (SSSR count). The van der Waals surface area contributed by atoms with E-state index in [0.29, 0.717) is 10.9 Å². The van der Waals surface area contributed by atoms with E-state index in [0.717, 1.165) is 20.8 Å². The van der Waals surface area contributed by atoms with Crippen LogP contribution in [0.2, 0.25) is 5.02 Å². The number of benzene rings is 1. The Balaban J connectivity index is 2.10. The van der Waals surface area contributed by atoms with E-state index < -0.39 is 0 Å². The maximum absolute atomic E-state index is 6.09. The van der Waals surface area contributed by atoms with Crippen LogP contribution in [0.5, 0.6) is 0 Å². The van der Waals surface area contributed by atoms with E-state index in [2.05, 4.69) is 32.9 Å². The van der Waals surface area contributed by atoms with Crippen LogP contribution in [0.25, 0.3) is 11.4 Å². The highest BCUT2D eigenvalue weighted by atomic mass is 127. The molecule has 0 unspecified atom stereocenters. The molecule has 0 saturated heterocycles. The number of rotatable bonds is 3. The molecule has 1 aromatic carbocycles. The quantitative estimate of drug-likeness (QED) is 0.711. The average molecular weight is 414 g/mol. The lowest BCUT2D eigenvalue weighted by Gasteiger charge is -2.15. The Morgan fingerprint density at radius 1 is 1.24 bits per heavy atom. The topological polar surface area (TPSA) is 37.8 Å². The van der Waals surface area contributed by atoms with Crippen molar-refractivity contribution in [1.29, 1.82) is 0 Å². The van der Waals surface area contributed by atoms with E-state index in [1.807, 2.05) is 31.3 Å². The van der Waals surface area contributed by atoms with Crippen molar-refractivity contribution < 1.29 is 0 Å². The van der Waals surface area contributed by atoms with Crippen LogP contribution in [0.1, 0.15) is 37.3 Å². The van der Waals surface area contributed by atoms with Gasteiger partial charge in [-0.15, -0.1) is 0 Å². The molecule has 110 valence electrons. The maximum Gasteiger partial charge on any atom is 0.161 e. The van der Waals surface area contributed by atoms with E-state index in [4.69, 9.17) is 16.6 Å². The minimum absolute atomic E-state index is 0.560. The third kappa shape index (κ3) is 3.16. The van der Waals surface area contributed by atoms with Gasteiger partial charge >= 0.3 is 0 Å². The summed E-state index contributed by atoms with van der Waals surface area (Å²) in [6.45, 7) is 0. The number of halogens is 2. The normalized spacial score (nSPS) is 15.4. The minimum atomic E-state index is 0.560. The van der Waals surface area contributed by atoms with Gasteiger partial charge in [0.25, 0.3) is 0 Å². The largest absolute Gasteiger partial charge is 0.372 e. The first kappa shape index (κ1) is 15.0. The Morgan fingerprint density at radius 2 is 2.00 bits per heavy atom. The second-order valence-electron chi connectivity index (χ2n) is 5.34. The Hall–Kier alpha value is -0.880. The van der Waals surface area contributed by atoms with Crippen molar-refractivity contribution in [3.05, 3.63) is 38.6 Å². The van der Waals surface area contributed by atoms with E-state index in [1.165, 1.54) is 31.4 Å². The second-order valence-corrected chi connectivity index (χ2v) is 6.85. The number of aromatic nitrogens is 2. The van der Waals surface area contributed by atoms with Crippen molar-refractivity contribution in [1.82, 2.24) is 9.97 Å². The first-order valence-electron chi connectivity index (χ1n) is 7.20. The Labute approximate surface area is 143 Å². The van der Waals surface area contributed by atoms with Crippen LogP contribution in [-0.4, -0.2) is 17.0 Å². The van der Waals surface area contributed by atoms with Gasteiger partial charge in [0.1, 0.15) is 5.82 Å². The molecule has 1 aromatic heterocycles. The highest BCUT2D eigenvalue weighted by Gasteiger charge is 2.24. The van der Waals surface area contributed by atoms with Crippen LogP contribution in [0.4, 0.5) is 5.82 Å². The van der Waals surface area contributed by atoms with Gasteiger partial charge in [0.15, 0.2) is 5.82 Å². The molecular formula is C16H17ClIN3. The summed E-state index contributed by atoms with van der Waals surface area (Å²) in [6.07, 6.45) is 5.05. The molecule has 3 nitrogen and oxygen atoms in total. The monoisotopic (exact) mass is 413 g/mol. The molecule has 21 heavy (non-hydrogen) atoms. The molecule has 1 aliphatic carbocycles. The second kappa shape index (κ2) is 6.48. The maximum atomic E-state index is 6.09. The fourth-order valence-corrected chi connectivity index (χ4v) is 4.00. The summed E-state index contributed by atoms with van der Waals surface area (Å²) in [5.41, 5.74) is 2.15. The summed E-state index contributed by atoms with van der Waals surface area (Å²) in [4.78, 5) is 9.50. The number of nitrogens with zero attached hydrogens (tertiary/aromatic N) is 2. The smallest absolute Gasteiger partial charge is 0.161 e. The predicted molar refractivity (Wildman–Crippen MR) is 96.0 cm³/mol. The van der Waals surface area contributed by atoms with Gasteiger partial charge in [-0.3, -0.25) is 0 Å². The summed E-state index contributed by atoms with van der Waals surface area (Å²) in [7, 11) is 1.91. The fourth-order valence-electron chi connectivity index (χ4n) is 2.86. The fraction of sp³-hybridized carbons (Fsp3) is 0.375. The molecule has 0 atom stereocenters. The summed E-state index contributed by atoms with van der Waals surface area (Å²) in [6, 6.07) is 7.73. The summed E-state index contributed by atoms with van der Waals surface area (Å²) in [5, 5.41) is 3.90. The van der Waals surface area contributed by atoms with Crippen molar-refractivity contribution in [2.24, 2.45) is 0 Å². The highest BCUT2D eigenvalue weighted by molar-refractivity contribution is 14.1. The molecule has 5 heteroatoms. The Bertz CT molecular complexity index is 654. The molecule has 0 radical (unpaired) electrons. The molecule has 1 saturated carbocycles. The third-order valence-electron chi connectivity index (χ3n) is 3.94. The first-order valence-corrected chi connectivity index (χ1v) is 8.66. The molecule has 0 aliphatic heterocycles. The van der Waals surface area contributed by atoms with Crippen molar-refractivity contribution in [2.75, 3.05) is 12.4 Å². The molecular weight excluding hydrogens is 397 g/mol. The SMILES string of the molecule is CNc1nc(-c2cccc(Cl)c2)nc(C2CCCC2)c1I. The van der Waals surface area contributed by atoms with E-state index in [1.54, 1.807) is 0 Å². The van der Waals surface area contributed by atoms with Crippen molar-refractivity contribution in [3.8, 4) is 11.4 Å². The number of anilines is 1. The highest BCUT2D eigenvalue weighted by Crippen LogP contribution is 2.37. The molecule has 1 heterocycles. The molecule has 0 spiro atoms. The van der Waals surface area contributed by atoms with Crippen molar-refractivity contribution >= 4 is 40.0 Å². The molecule has 0 bridgehead atoms. The lowest BCUT2D eigenvalue weighted by molar-refractivity contribution is 0.691. The van der Waals surface area contributed by atoms with Crippen LogP contribution in [-0.2, 0) is 0 Å². The summed E-state index contributed by atoms with van der Waals surface area (Å²) < 4.78 is 1.15. The Morgan fingerprint density at radius 3 is 2.67 bits per heavy atom. The molecule has 2 aromatic rings. The standard InChI is InChI=1S/C16H17ClIN3/c1-19-16-13(18)14(10-5-2-3-6-10)20-15(21-16)11-7-4-8-12(17)9-11/h4,7-10H,2-3,5-6H2,1H3,(H,19,20,21). The molecule has 1 N–H and O–H groups in total. The van der Waals surface area contributed by atoms with Gasteiger partial charge in [-0.1, -0.05) is 36.6 Å². The van der Waals surface area contributed by atoms with Gasteiger partial charge in [-0.25, -0.2) is 9.97 Å². The van der Waals surface area contributed by atoms with Gasteiger partial charge < -0.3 is 5.32 Å². The van der Waals surface area contributed by atoms with Crippen LogP contribution < -0.4 is 5.32 Å². The van der Waals surface area contributed by atoms with Gasteiger partial charge in [-0.2, -0.15) is 0 Å². The average Bonchev–Trinajstić information content (AvgIpc) is 3.01.